The van der Waals surface area contributed by atoms with Crippen LogP contribution in [0.25, 0.3) is 0 Å². The number of rotatable bonds is 4. The van der Waals surface area contributed by atoms with E-state index < -0.39 is 30.2 Å². The third-order valence-corrected chi connectivity index (χ3v) is 3.89. The molecule has 1 aliphatic heterocycles. The summed E-state index contributed by atoms with van der Waals surface area (Å²) in [4.78, 5) is 24.5. The average molecular weight is 338 g/mol. The van der Waals surface area contributed by atoms with Gasteiger partial charge < -0.3 is 9.47 Å². The van der Waals surface area contributed by atoms with Crippen molar-refractivity contribution < 1.29 is 19.1 Å². The van der Waals surface area contributed by atoms with Gasteiger partial charge in [-0.25, -0.2) is 9.59 Å². The number of carbonyl (C=O) groups is 2. The fourth-order valence-electron chi connectivity index (χ4n) is 2.61. The monoisotopic (exact) mass is 338 g/mol. The van der Waals surface area contributed by atoms with Crippen molar-refractivity contribution in [2.45, 2.75) is 18.2 Å². The Bertz CT molecular complexity index is 786. The maximum absolute atomic E-state index is 12.3. The predicted molar refractivity (Wildman–Crippen MR) is 88.7 cm³/mol. The molecule has 0 radical (unpaired) electrons. The highest BCUT2D eigenvalue weighted by molar-refractivity contribution is 5.90. The van der Waals surface area contributed by atoms with E-state index in [9.17, 15) is 14.9 Å². The zero-order valence-corrected chi connectivity index (χ0v) is 13.3. The Kier molecular flexibility index (Phi) is 5.07. The Balaban J connectivity index is 1.71. The number of nitrogens with one attached hydrogen (secondary N) is 1. The third-order valence-electron chi connectivity index (χ3n) is 3.89. The molecule has 25 heavy (non-hydrogen) atoms. The van der Waals surface area contributed by atoms with E-state index in [1.54, 1.807) is 60.7 Å². The molecule has 0 spiro atoms. The highest BCUT2D eigenvalue weighted by Gasteiger charge is 2.42. The molecule has 2 aromatic rings. The topological polar surface area (TPSA) is 88.4 Å². The molecular weight excluding hydrogens is 322 g/mol. The van der Waals surface area contributed by atoms with Crippen LogP contribution in [-0.4, -0.2) is 36.7 Å². The second kappa shape index (κ2) is 7.60. The first-order valence-electron chi connectivity index (χ1n) is 7.84. The van der Waals surface area contributed by atoms with Crippen LogP contribution in [0.4, 0.5) is 0 Å². The van der Waals surface area contributed by atoms with Gasteiger partial charge in [0.05, 0.1) is 17.2 Å². The molecule has 0 unspecified atom stereocenters. The molecule has 2 aromatic carbocycles. The second-order valence-corrected chi connectivity index (χ2v) is 5.56. The van der Waals surface area contributed by atoms with Gasteiger partial charge in [0.2, 0.25) is 0 Å². The standard InChI is InChI=1S/C19H16N2O4/c20-11-15-17(25-19(23)14-9-5-2-6-10-14)16(12-21-15)24-18(22)13-7-3-1-4-8-13/h1-10,15-17,21H,12H2/t15-,16-,17-/m1/s1/i11+2. The number of carbonyl (C=O) groups excluding carboxylic acids is 2. The lowest BCUT2D eigenvalue weighted by Gasteiger charge is -2.21. The van der Waals surface area contributed by atoms with E-state index in [1.165, 1.54) is 0 Å². The van der Waals surface area contributed by atoms with E-state index >= 15 is 0 Å². The van der Waals surface area contributed by atoms with Crippen LogP contribution in [0.5, 0.6) is 0 Å². The molecule has 3 rings (SSSR count). The maximum Gasteiger partial charge on any atom is 0.338 e. The van der Waals surface area contributed by atoms with Crippen LogP contribution in [-0.2, 0) is 9.47 Å². The van der Waals surface area contributed by atoms with E-state index in [0.717, 1.165) is 0 Å². The predicted octanol–water partition coefficient (Wildman–Crippen LogP) is 1.93. The lowest BCUT2D eigenvalue weighted by molar-refractivity contribution is -0.0215. The van der Waals surface area contributed by atoms with Crippen LogP contribution in [0.1, 0.15) is 20.7 Å². The van der Waals surface area contributed by atoms with E-state index in [4.69, 9.17) is 9.47 Å². The van der Waals surface area contributed by atoms with Gasteiger partial charge >= 0.3 is 11.9 Å². The molecule has 3 atom stereocenters. The SMILES string of the molecule is N#[14C][C@H]1NC[C@@H](OC(=O)c2ccccc2)[C@@H]1OC(=O)c1ccccc1. The van der Waals surface area contributed by atoms with Gasteiger partial charge in [0.15, 0.2) is 12.2 Å². The van der Waals surface area contributed by atoms with Crippen molar-refractivity contribution in [1.82, 2.24) is 5.32 Å². The van der Waals surface area contributed by atoms with Crippen LogP contribution >= 0.6 is 0 Å². The second-order valence-electron chi connectivity index (χ2n) is 5.56. The first-order valence-corrected chi connectivity index (χ1v) is 7.84. The van der Waals surface area contributed by atoms with E-state index in [2.05, 4.69) is 5.32 Å². The number of esters is 2. The Labute approximate surface area is 145 Å². The van der Waals surface area contributed by atoms with Gasteiger partial charge in [-0.15, -0.1) is 0 Å². The molecule has 6 nitrogen and oxygen atoms in total. The van der Waals surface area contributed by atoms with Crippen LogP contribution in [0.3, 0.4) is 0 Å². The smallest absolute Gasteiger partial charge is 0.338 e. The summed E-state index contributed by atoms with van der Waals surface area (Å²) < 4.78 is 10.9. The molecule has 0 saturated carbocycles. The van der Waals surface area contributed by atoms with Gasteiger partial charge in [-0.05, 0) is 24.3 Å². The summed E-state index contributed by atoms with van der Waals surface area (Å²) in [6.45, 7) is 0.240. The summed E-state index contributed by atoms with van der Waals surface area (Å²) in [5.41, 5.74) is 0.773. The lowest BCUT2D eigenvalue weighted by atomic mass is 10.2. The molecule has 126 valence electrons. The summed E-state index contributed by atoms with van der Waals surface area (Å²) in [5, 5.41) is 12.1. The van der Waals surface area contributed by atoms with Gasteiger partial charge in [0.1, 0.15) is 6.04 Å². The molecule has 1 fully saturated rings. The van der Waals surface area contributed by atoms with Crippen molar-refractivity contribution in [3.8, 4) is 6.07 Å². The maximum atomic E-state index is 12.3. The first kappa shape index (κ1) is 16.7. The fourth-order valence-corrected chi connectivity index (χ4v) is 2.61. The van der Waals surface area contributed by atoms with E-state index in [1.807, 2.05) is 6.07 Å². The van der Waals surface area contributed by atoms with Gasteiger partial charge in [-0.1, -0.05) is 36.4 Å². The molecule has 1 N–H and O–H groups in total. The molecule has 0 bridgehead atoms. The molecule has 6 heteroatoms. The summed E-state index contributed by atoms with van der Waals surface area (Å²) in [6.07, 6.45) is -1.60. The summed E-state index contributed by atoms with van der Waals surface area (Å²) in [5.74, 6) is -1.08. The number of nitriles is 1. The van der Waals surface area contributed by atoms with Crippen molar-refractivity contribution in [1.29, 1.82) is 5.26 Å². The Morgan fingerprint density at radius 3 is 1.96 bits per heavy atom. The van der Waals surface area contributed by atoms with Crippen LogP contribution in [0.2, 0.25) is 0 Å². The van der Waals surface area contributed by atoms with Crippen LogP contribution in [0.15, 0.2) is 60.7 Å². The van der Waals surface area contributed by atoms with Crippen molar-refractivity contribution in [3.05, 3.63) is 71.8 Å². The number of hydrogen-bond donors (Lipinski definition) is 1. The van der Waals surface area contributed by atoms with Crippen molar-refractivity contribution in [3.63, 3.8) is 0 Å². The minimum Gasteiger partial charge on any atom is -0.453 e. The number of nitrogens with zero attached hydrogens (tertiary/aromatic N) is 1. The van der Waals surface area contributed by atoms with Crippen LogP contribution < -0.4 is 5.32 Å². The van der Waals surface area contributed by atoms with Crippen LogP contribution in [0, 0.1) is 11.3 Å². The van der Waals surface area contributed by atoms with Gasteiger partial charge in [-0.2, -0.15) is 5.26 Å². The minimum atomic E-state index is -0.870. The summed E-state index contributed by atoms with van der Waals surface area (Å²) >= 11 is 0. The quantitative estimate of drug-likeness (QED) is 0.857. The Morgan fingerprint density at radius 1 is 0.920 bits per heavy atom. The number of hydrogen-bond acceptors (Lipinski definition) is 6. The third kappa shape index (κ3) is 3.84. The summed E-state index contributed by atoms with van der Waals surface area (Å²) in [7, 11) is 0. The molecule has 0 aromatic heterocycles. The molecule has 1 aliphatic rings. The van der Waals surface area contributed by atoms with Crippen molar-refractivity contribution in [2.75, 3.05) is 6.54 Å². The highest BCUT2D eigenvalue weighted by Crippen LogP contribution is 2.19. The van der Waals surface area contributed by atoms with Crippen molar-refractivity contribution >= 4 is 11.9 Å². The average Bonchev–Trinajstić information content (AvgIpc) is 3.04. The zero-order valence-electron chi connectivity index (χ0n) is 13.3. The van der Waals surface area contributed by atoms with Gasteiger partial charge in [0.25, 0.3) is 0 Å². The van der Waals surface area contributed by atoms with E-state index in [0.29, 0.717) is 11.1 Å². The molecule has 1 saturated heterocycles. The molecule has 0 aliphatic carbocycles. The number of ether oxygens (including phenoxy) is 2. The summed E-state index contributed by atoms with van der Waals surface area (Å²) in [6, 6.07) is 18.3. The zero-order chi connectivity index (χ0) is 17.6. The molecule has 0 amide bonds. The Hall–Kier alpha value is -3.17. The molecule has 1 heterocycles. The molecular formula is C19H16N2O4. The van der Waals surface area contributed by atoms with Gasteiger partial charge in [0, 0.05) is 6.54 Å². The van der Waals surface area contributed by atoms with Crippen molar-refractivity contribution in [2.24, 2.45) is 0 Å². The fraction of sp³-hybridized carbons (Fsp3) is 0.211. The number of benzene rings is 2. The Morgan fingerprint density at radius 2 is 1.44 bits per heavy atom. The highest BCUT2D eigenvalue weighted by atomic mass is 16.6. The lowest BCUT2D eigenvalue weighted by Crippen LogP contribution is -2.38. The largest absolute Gasteiger partial charge is 0.453 e. The minimum absolute atomic E-state index is 0.240. The van der Waals surface area contributed by atoms with Gasteiger partial charge in [-0.3, -0.25) is 5.32 Å². The normalized spacial score (nSPS) is 22.0. The van der Waals surface area contributed by atoms with E-state index in [-0.39, 0.29) is 6.54 Å². The first-order chi connectivity index (χ1) is 12.2.